The fourth-order valence-electron chi connectivity index (χ4n) is 1.57. The average Bonchev–Trinajstić information content (AvgIpc) is 2.85. The number of thiazole rings is 1. The van der Waals surface area contributed by atoms with Crippen LogP contribution in [0.3, 0.4) is 0 Å². The van der Waals surface area contributed by atoms with Crippen molar-refractivity contribution in [2.75, 3.05) is 12.3 Å². The van der Waals surface area contributed by atoms with Crippen LogP contribution in [0.1, 0.15) is 17.1 Å². The molecule has 3 N–H and O–H groups in total. The van der Waals surface area contributed by atoms with Crippen molar-refractivity contribution < 1.29 is 9.53 Å². The highest BCUT2D eigenvalue weighted by Crippen LogP contribution is 2.13. The topological polar surface area (TPSA) is 77.2 Å². The number of hydrogen-bond donors (Lipinski definition) is 2. The SMILES string of the molecule is Cc1csc(CNC(=O)CCOc2ccc(N)cc2)n1. The summed E-state index contributed by atoms with van der Waals surface area (Å²) in [6.45, 7) is 2.74. The molecule has 6 heteroatoms. The molecule has 0 aliphatic rings. The molecule has 0 aliphatic heterocycles. The Hall–Kier alpha value is -2.08. The van der Waals surface area contributed by atoms with Crippen LogP contribution in [-0.2, 0) is 11.3 Å². The number of aromatic nitrogens is 1. The summed E-state index contributed by atoms with van der Waals surface area (Å²) < 4.78 is 5.46. The first-order chi connectivity index (χ1) is 9.63. The highest BCUT2D eigenvalue weighted by Gasteiger charge is 2.04. The van der Waals surface area contributed by atoms with Gasteiger partial charge in [-0.25, -0.2) is 4.98 Å². The number of carbonyl (C=O) groups excluding carboxylic acids is 1. The normalized spacial score (nSPS) is 10.2. The van der Waals surface area contributed by atoms with Crippen LogP contribution in [0.4, 0.5) is 5.69 Å². The number of hydrogen-bond acceptors (Lipinski definition) is 5. The van der Waals surface area contributed by atoms with Crippen LogP contribution < -0.4 is 15.8 Å². The van der Waals surface area contributed by atoms with E-state index in [1.807, 2.05) is 12.3 Å². The van der Waals surface area contributed by atoms with Crippen molar-refractivity contribution in [1.82, 2.24) is 10.3 Å². The third-order valence-electron chi connectivity index (χ3n) is 2.58. The molecular weight excluding hydrogens is 274 g/mol. The summed E-state index contributed by atoms with van der Waals surface area (Å²) in [7, 11) is 0. The smallest absolute Gasteiger partial charge is 0.223 e. The second-order valence-corrected chi connectivity index (χ2v) is 5.27. The zero-order valence-corrected chi connectivity index (χ0v) is 12.1. The number of rotatable bonds is 6. The van der Waals surface area contributed by atoms with Gasteiger partial charge in [0, 0.05) is 16.8 Å². The Morgan fingerprint density at radius 3 is 2.80 bits per heavy atom. The lowest BCUT2D eigenvalue weighted by Crippen LogP contribution is -2.24. The maximum absolute atomic E-state index is 11.6. The van der Waals surface area contributed by atoms with E-state index < -0.39 is 0 Å². The molecule has 0 unspecified atom stereocenters. The van der Waals surface area contributed by atoms with Crippen molar-refractivity contribution >= 4 is 22.9 Å². The first kappa shape index (κ1) is 14.3. The van der Waals surface area contributed by atoms with E-state index in [2.05, 4.69) is 10.3 Å². The van der Waals surface area contributed by atoms with Gasteiger partial charge in [-0.1, -0.05) is 0 Å². The molecule has 0 spiro atoms. The highest BCUT2D eigenvalue weighted by atomic mass is 32.1. The Balaban J connectivity index is 1.66. The number of amides is 1. The molecule has 0 saturated heterocycles. The molecule has 20 heavy (non-hydrogen) atoms. The molecule has 0 bridgehead atoms. The van der Waals surface area contributed by atoms with Crippen molar-refractivity contribution in [3.8, 4) is 5.75 Å². The lowest BCUT2D eigenvalue weighted by molar-refractivity contribution is -0.121. The van der Waals surface area contributed by atoms with E-state index in [0.717, 1.165) is 10.7 Å². The van der Waals surface area contributed by atoms with Crippen LogP contribution in [-0.4, -0.2) is 17.5 Å². The molecule has 0 fully saturated rings. The van der Waals surface area contributed by atoms with Crippen molar-refractivity contribution in [3.05, 3.63) is 40.3 Å². The summed E-state index contributed by atoms with van der Waals surface area (Å²) in [5.74, 6) is 0.663. The summed E-state index contributed by atoms with van der Waals surface area (Å²) in [6.07, 6.45) is 0.314. The molecule has 1 heterocycles. The molecule has 0 atom stereocenters. The molecular formula is C14H17N3O2S. The largest absolute Gasteiger partial charge is 0.493 e. The average molecular weight is 291 g/mol. The van der Waals surface area contributed by atoms with Crippen LogP contribution >= 0.6 is 11.3 Å². The summed E-state index contributed by atoms with van der Waals surface area (Å²) in [5.41, 5.74) is 7.24. The maximum Gasteiger partial charge on any atom is 0.223 e. The third kappa shape index (κ3) is 4.55. The van der Waals surface area contributed by atoms with Gasteiger partial charge in [0.2, 0.25) is 5.91 Å². The minimum absolute atomic E-state index is 0.0479. The number of nitrogens with zero attached hydrogens (tertiary/aromatic N) is 1. The number of nitrogens with one attached hydrogen (secondary N) is 1. The van der Waals surface area contributed by atoms with Crippen LogP contribution in [0.15, 0.2) is 29.6 Å². The second kappa shape index (κ2) is 6.91. The molecule has 0 saturated carbocycles. The Kier molecular flexibility index (Phi) is 4.95. The Morgan fingerprint density at radius 1 is 1.40 bits per heavy atom. The maximum atomic E-state index is 11.6. The van der Waals surface area contributed by atoms with Gasteiger partial charge in [0.25, 0.3) is 0 Å². The van der Waals surface area contributed by atoms with E-state index in [9.17, 15) is 4.79 Å². The Labute approximate surface area is 121 Å². The van der Waals surface area contributed by atoms with Crippen LogP contribution in [0, 0.1) is 6.92 Å². The number of benzene rings is 1. The van der Waals surface area contributed by atoms with E-state index >= 15 is 0 Å². The predicted octanol–water partition coefficient (Wildman–Crippen LogP) is 2.12. The van der Waals surface area contributed by atoms with Gasteiger partial charge in [0.05, 0.1) is 19.6 Å². The van der Waals surface area contributed by atoms with Crippen LogP contribution in [0.5, 0.6) is 5.75 Å². The standard InChI is InChI=1S/C14H17N3O2S/c1-10-9-20-14(17-10)8-16-13(18)6-7-19-12-4-2-11(15)3-5-12/h2-5,9H,6-8,15H2,1H3,(H,16,18). The minimum Gasteiger partial charge on any atom is -0.493 e. The monoisotopic (exact) mass is 291 g/mol. The lowest BCUT2D eigenvalue weighted by Gasteiger charge is -2.06. The van der Waals surface area contributed by atoms with Gasteiger partial charge in [-0.05, 0) is 31.2 Å². The molecule has 1 amide bonds. The van der Waals surface area contributed by atoms with Gasteiger partial charge < -0.3 is 15.8 Å². The Bertz CT molecular complexity index is 566. The lowest BCUT2D eigenvalue weighted by atomic mass is 10.3. The fourth-order valence-corrected chi connectivity index (χ4v) is 2.28. The number of aryl methyl sites for hydroxylation is 1. The molecule has 1 aromatic heterocycles. The van der Waals surface area contributed by atoms with Crippen LogP contribution in [0.2, 0.25) is 0 Å². The molecule has 2 aromatic rings. The first-order valence-corrected chi connectivity index (χ1v) is 7.17. The summed E-state index contributed by atoms with van der Waals surface area (Å²) >= 11 is 1.54. The number of carbonyl (C=O) groups is 1. The van der Waals surface area contributed by atoms with E-state index in [1.165, 1.54) is 0 Å². The fraction of sp³-hybridized carbons (Fsp3) is 0.286. The molecule has 5 nitrogen and oxygen atoms in total. The van der Waals surface area contributed by atoms with E-state index in [4.69, 9.17) is 10.5 Å². The van der Waals surface area contributed by atoms with Gasteiger partial charge in [0.1, 0.15) is 10.8 Å². The number of nitrogen functional groups attached to an aromatic ring is 1. The van der Waals surface area contributed by atoms with E-state index in [1.54, 1.807) is 35.6 Å². The minimum atomic E-state index is -0.0479. The number of anilines is 1. The van der Waals surface area contributed by atoms with E-state index in [-0.39, 0.29) is 5.91 Å². The van der Waals surface area contributed by atoms with Gasteiger partial charge in [-0.3, -0.25) is 4.79 Å². The zero-order chi connectivity index (χ0) is 14.4. The van der Waals surface area contributed by atoms with Gasteiger partial charge in [0.15, 0.2) is 0 Å². The van der Waals surface area contributed by atoms with Gasteiger partial charge in [-0.15, -0.1) is 11.3 Å². The molecule has 0 radical (unpaired) electrons. The number of ether oxygens (including phenoxy) is 1. The van der Waals surface area contributed by atoms with Crippen molar-refractivity contribution in [3.63, 3.8) is 0 Å². The molecule has 0 aliphatic carbocycles. The van der Waals surface area contributed by atoms with E-state index in [0.29, 0.717) is 31.0 Å². The van der Waals surface area contributed by atoms with Gasteiger partial charge in [-0.2, -0.15) is 0 Å². The molecule has 2 rings (SSSR count). The van der Waals surface area contributed by atoms with Crippen molar-refractivity contribution in [2.45, 2.75) is 19.9 Å². The van der Waals surface area contributed by atoms with Crippen molar-refractivity contribution in [2.24, 2.45) is 0 Å². The summed E-state index contributed by atoms with van der Waals surface area (Å²) in [5, 5.41) is 5.69. The van der Waals surface area contributed by atoms with Gasteiger partial charge >= 0.3 is 0 Å². The summed E-state index contributed by atoms with van der Waals surface area (Å²) in [6, 6.07) is 7.09. The third-order valence-corrected chi connectivity index (χ3v) is 3.55. The zero-order valence-electron chi connectivity index (χ0n) is 11.3. The predicted molar refractivity (Wildman–Crippen MR) is 79.7 cm³/mol. The molecule has 106 valence electrons. The first-order valence-electron chi connectivity index (χ1n) is 6.29. The van der Waals surface area contributed by atoms with Crippen molar-refractivity contribution in [1.29, 1.82) is 0 Å². The Morgan fingerprint density at radius 2 is 2.15 bits per heavy atom. The quantitative estimate of drug-likeness (QED) is 0.799. The van der Waals surface area contributed by atoms with Crippen LogP contribution in [0.25, 0.3) is 0 Å². The molecule has 1 aromatic carbocycles. The second-order valence-electron chi connectivity index (χ2n) is 4.33. The highest BCUT2D eigenvalue weighted by molar-refractivity contribution is 7.09. The number of nitrogens with two attached hydrogens (primary N) is 1. The summed E-state index contributed by atoms with van der Waals surface area (Å²) in [4.78, 5) is 15.9.